The van der Waals surface area contributed by atoms with E-state index in [0.29, 0.717) is 11.8 Å². The van der Waals surface area contributed by atoms with Gasteiger partial charge in [-0.25, -0.2) is 4.98 Å². The molecule has 4 nitrogen and oxygen atoms in total. The van der Waals surface area contributed by atoms with Gasteiger partial charge in [0.25, 0.3) is 0 Å². The van der Waals surface area contributed by atoms with Gasteiger partial charge in [0.05, 0.1) is 7.11 Å². The number of aromatic nitrogens is 3. The number of hydrogen-bond acceptors (Lipinski definition) is 4. The number of nitrogens with zero attached hydrogens (tertiary/aromatic N) is 3. The molecule has 0 aliphatic carbocycles. The van der Waals surface area contributed by atoms with Crippen molar-refractivity contribution in [3.63, 3.8) is 0 Å². The third kappa shape index (κ3) is 1.69. The van der Waals surface area contributed by atoms with Crippen LogP contribution in [0.1, 0.15) is 0 Å². The van der Waals surface area contributed by atoms with Crippen LogP contribution in [-0.2, 0) is 0 Å². The van der Waals surface area contributed by atoms with Crippen LogP contribution >= 0.6 is 0 Å². The van der Waals surface area contributed by atoms with Crippen molar-refractivity contribution in [2.75, 3.05) is 7.11 Å². The summed E-state index contributed by atoms with van der Waals surface area (Å²) in [7, 11) is 1.53. The first kappa shape index (κ1) is 8.62. The van der Waals surface area contributed by atoms with Crippen LogP contribution in [0.4, 0.5) is 0 Å². The predicted octanol–water partition coefficient (Wildman–Crippen LogP) is 1.55. The summed E-state index contributed by atoms with van der Waals surface area (Å²) < 4.78 is 4.91. The maximum atomic E-state index is 4.91. The molecule has 2 rings (SSSR count). The smallest absolute Gasteiger partial charge is 0.319 e. The summed E-state index contributed by atoms with van der Waals surface area (Å²) in [5.74, 6) is 0.623. The Morgan fingerprint density at radius 2 is 1.86 bits per heavy atom. The van der Waals surface area contributed by atoms with Crippen LogP contribution in [-0.4, -0.2) is 22.1 Å². The Balaban J connectivity index is 2.42. The second-order valence-electron chi connectivity index (χ2n) is 2.66. The third-order valence-electron chi connectivity index (χ3n) is 1.76. The van der Waals surface area contributed by atoms with Gasteiger partial charge in [-0.05, 0) is 0 Å². The van der Waals surface area contributed by atoms with Gasteiger partial charge < -0.3 is 4.74 Å². The van der Waals surface area contributed by atoms with Gasteiger partial charge in [0.1, 0.15) is 6.33 Å². The topological polar surface area (TPSA) is 47.9 Å². The fourth-order valence-electron chi connectivity index (χ4n) is 1.11. The molecule has 0 amide bonds. The molecule has 2 aromatic rings. The fourth-order valence-corrected chi connectivity index (χ4v) is 1.11. The van der Waals surface area contributed by atoms with Crippen LogP contribution in [0.25, 0.3) is 11.4 Å². The van der Waals surface area contributed by atoms with E-state index in [2.05, 4.69) is 15.0 Å². The zero-order valence-electron chi connectivity index (χ0n) is 7.71. The maximum Gasteiger partial charge on any atom is 0.319 e. The van der Waals surface area contributed by atoms with Crippen molar-refractivity contribution in [1.82, 2.24) is 15.0 Å². The predicted molar refractivity (Wildman–Crippen MR) is 51.8 cm³/mol. The first-order chi connectivity index (χ1) is 6.90. The van der Waals surface area contributed by atoms with E-state index in [4.69, 9.17) is 4.74 Å². The van der Waals surface area contributed by atoms with Crippen molar-refractivity contribution >= 4 is 0 Å². The molecule has 4 heteroatoms. The molecule has 0 aliphatic heterocycles. The lowest BCUT2D eigenvalue weighted by Gasteiger charge is -2.00. The van der Waals surface area contributed by atoms with Crippen molar-refractivity contribution in [1.29, 1.82) is 0 Å². The van der Waals surface area contributed by atoms with Gasteiger partial charge in [0.2, 0.25) is 0 Å². The van der Waals surface area contributed by atoms with Crippen LogP contribution in [0, 0.1) is 0 Å². The van der Waals surface area contributed by atoms with E-state index in [1.165, 1.54) is 13.4 Å². The molecule has 0 saturated heterocycles. The minimum absolute atomic E-state index is 0.332. The molecule has 1 heterocycles. The summed E-state index contributed by atoms with van der Waals surface area (Å²) in [6, 6.07) is 10.0. The maximum absolute atomic E-state index is 4.91. The van der Waals surface area contributed by atoms with Crippen LogP contribution in [0.2, 0.25) is 0 Å². The molecular weight excluding hydrogens is 178 g/mol. The summed E-state index contributed by atoms with van der Waals surface area (Å²) in [6.45, 7) is 0. The lowest BCUT2D eigenvalue weighted by Crippen LogP contribution is -1.95. The van der Waals surface area contributed by atoms with E-state index < -0.39 is 0 Å². The minimum atomic E-state index is 0.332. The average Bonchev–Trinajstić information content (AvgIpc) is 2.30. The Morgan fingerprint density at radius 1 is 1.07 bits per heavy atom. The van der Waals surface area contributed by atoms with Crippen LogP contribution in [0.5, 0.6) is 6.01 Å². The minimum Gasteiger partial charge on any atom is -0.467 e. The van der Waals surface area contributed by atoms with Gasteiger partial charge in [-0.1, -0.05) is 30.3 Å². The normalized spacial score (nSPS) is 9.79. The highest BCUT2D eigenvalue weighted by Crippen LogP contribution is 2.14. The Bertz CT molecular complexity index is 417. The van der Waals surface area contributed by atoms with Crippen molar-refractivity contribution in [3.8, 4) is 17.4 Å². The van der Waals surface area contributed by atoms with Crippen molar-refractivity contribution < 1.29 is 4.74 Å². The number of methoxy groups -OCH3 is 1. The Labute approximate surface area is 81.6 Å². The van der Waals surface area contributed by atoms with Crippen molar-refractivity contribution in [2.45, 2.75) is 0 Å². The van der Waals surface area contributed by atoms with Crippen LogP contribution < -0.4 is 4.74 Å². The Hall–Kier alpha value is -1.97. The molecule has 1 aromatic heterocycles. The highest BCUT2D eigenvalue weighted by atomic mass is 16.5. The quantitative estimate of drug-likeness (QED) is 0.715. The molecule has 0 spiro atoms. The standard InChI is InChI=1S/C10H9N3O/c1-14-10-12-7-11-9(13-10)8-5-3-2-4-6-8/h2-7H,1H3. The Morgan fingerprint density at radius 3 is 2.57 bits per heavy atom. The number of hydrogen-bond donors (Lipinski definition) is 0. The van der Waals surface area contributed by atoms with E-state index in [1.54, 1.807) is 0 Å². The number of rotatable bonds is 2. The van der Waals surface area contributed by atoms with E-state index in [9.17, 15) is 0 Å². The molecule has 0 fully saturated rings. The zero-order chi connectivity index (χ0) is 9.80. The second-order valence-corrected chi connectivity index (χ2v) is 2.66. The summed E-state index contributed by atoms with van der Waals surface area (Å²) in [6.07, 6.45) is 1.44. The van der Waals surface area contributed by atoms with Gasteiger partial charge in [-0.2, -0.15) is 9.97 Å². The molecule has 70 valence electrons. The largest absolute Gasteiger partial charge is 0.467 e. The van der Waals surface area contributed by atoms with Gasteiger partial charge in [0, 0.05) is 5.56 Å². The van der Waals surface area contributed by atoms with E-state index in [1.807, 2.05) is 30.3 Å². The van der Waals surface area contributed by atoms with E-state index in [-0.39, 0.29) is 0 Å². The number of ether oxygens (including phenoxy) is 1. The molecular formula is C10H9N3O. The summed E-state index contributed by atoms with van der Waals surface area (Å²) in [4.78, 5) is 12.0. The van der Waals surface area contributed by atoms with E-state index >= 15 is 0 Å². The molecule has 1 aromatic carbocycles. The summed E-state index contributed by atoms with van der Waals surface area (Å²) in [5, 5.41) is 0. The highest BCUT2D eigenvalue weighted by Gasteiger charge is 2.01. The first-order valence-electron chi connectivity index (χ1n) is 4.18. The molecule has 0 unspecified atom stereocenters. The van der Waals surface area contributed by atoms with Crippen molar-refractivity contribution in [2.24, 2.45) is 0 Å². The monoisotopic (exact) mass is 187 g/mol. The molecule has 14 heavy (non-hydrogen) atoms. The van der Waals surface area contributed by atoms with Crippen molar-refractivity contribution in [3.05, 3.63) is 36.7 Å². The molecule has 0 bridgehead atoms. The fraction of sp³-hybridized carbons (Fsp3) is 0.100. The van der Waals surface area contributed by atoms with Gasteiger partial charge in [-0.15, -0.1) is 0 Å². The van der Waals surface area contributed by atoms with Gasteiger partial charge >= 0.3 is 6.01 Å². The highest BCUT2D eigenvalue weighted by molar-refractivity contribution is 5.54. The van der Waals surface area contributed by atoms with Crippen LogP contribution in [0.15, 0.2) is 36.7 Å². The summed E-state index contributed by atoms with van der Waals surface area (Å²) >= 11 is 0. The van der Waals surface area contributed by atoms with Crippen LogP contribution in [0.3, 0.4) is 0 Å². The lowest BCUT2D eigenvalue weighted by molar-refractivity contribution is 0.378. The Kier molecular flexibility index (Phi) is 2.36. The lowest BCUT2D eigenvalue weighted by atomic mass is 10.2. The third-order valence-corrected chi connectivity index (χ3v) is 1.76. The van der Waals surface area contributed by atoms with Gasteiger partial charge in [0.15, 0.2) is 5.82 Å². The van der Waals surface area contributed by atoms with E-state index in [0.717, 1.165) is 5.56 Å². The summed E-state index contributed by atoms with van der Waals surface area (Å²) in [5.41, 5.74) is 0.952. The first-order valence-corrected chi connectivity index (χ1v) is 4.18. The van der Waals surface area contributed by atoms with Gasteiger partial charge in [-0.3, -0.25) is 0 Å². The second kappa shape index (κ2) is 3.83. The molecule has 0 saturated carbocycles. The average molecular weight is 187 g/mol. The molecule has 0 N–H and O–H groups in total. The molecule has 0 aliphatic rings. The molecule has 0 atom stereocenters. The zero-order valence-corrected chi connectivity index (χ0v) is 7.71. The molecule has 0 radical (unpaired) electrons. The number of benzene rings is 1. The SMILES string of the molecule is COc1ncnc(-c2ccccc2)n1.